The Hall–Kier alpha value is -1.32. The van der Waals surface area contributed by atoms with Gasteiger partial charge in [0.2, 0.25) is 0 Å². The molecular formula is C18H32O4. The first-order valence-corrected chi connectivity index (χ1v) is 8.52. The number of allylic oxidation sites excluding steroid dienone is 1. The summed E-state index contributed by atoms with van der Waals surface area (Å²) in [6, 6.07) is 0. The molecule has 0 heterocycles. The van der Waals surface area contributed by atoms with Crippen LogP contribution in [0.2, 0.25) is 0 Å². The molecule has 0 fully saturated rings. The first-order chi connectivity index (χ1) is 10.5. The highest BCUT2D eigenvalue weighted by molar-refractivity contribution is 5.67. The number of ether oxygens (including phenoxy) is 2. The Labute approximate surface area is 135 Å². The van der Waals surface area contributed by atoms with Crippen molar-refractivity contribution in [2.75, 3.05) is 0 Å². The highest BCUT2D eigenvalue weighted by Crippen LogP contribution is 2.16. The van der Waals surface area contributed by atoms with Crippen LogP contribution in [-0.2, 0) is 19.1 Å². The summed E-state index contributed by atoms with van der Waals surface area (Å²) in [6.45, 7) is 7.06. The van der Waals surface area contributed by atoms with E-state index in [2.05, 4.69) is 13.8 Å². The summed E-state index contributed by atoms with van der Waals surface area (Å²) in [5.41, 5.74) is 0. The van der Waals surface area contributed by atoms with Gasteiger partial charge in [0.15, 0.2) is 6.10 Å². The summed E-state index contributed by atoms with van der Waals surface area (Å²) in [5.74, 6) is -0.686. The van der Waals surface area contributed by atoms with E-state index in [0.717, 1.165) is 32.1 Å². The predicted molar refractivity (Wildman–Crippen MR) is 88.5 cm³/mol. The normalized spacial score (nSPS) is 13.8. The van der Waals surface area contributed by atoms with E-state index in [0.29, 0.717) is 6.42 Å². The molecule has 0 radical (unpaired) electrons. The van der Waals surface area contributed by atoms with Gasteiger partial charge in [-0.05, 0) is 31.8 Å². The third-order valence-corrected chi connectivity index (χ3v) is 3.38. The topological polar surface area (TPSA) is 52.6 Å². The maximum absolute atomic E-state index is 11.3. The number of unbranched alkanes of at least 4 members (excludes halogenated alkanes) is 5. The van der Waals surface area contributed by atoms with Gasteiger partial charge in [0.05, 0.1) is 0 Å². The molecule has 0 aromatic carbocycles. The second kappa shape index (κ2) is 13.4. The lowest BCUT2D eigenvalue weighted by Gasteiger charge is -2.24. The van der Waals surface area contributed by atoms with Gasteiger partial charge in [0.25, 0.3) is 0 Å². The first-order valence-electron chi connectivity index (χ1n) is 8.52. The SMILES string of the molecule is CCCCC/C=C/[C@H](OC(C)=O)[C@H](CCCCC)OC(C)=O. The van der Waals surface area contributed by atoms with Gasteiger partial charge < -0.3 is 9.47 Å². The highest BCUT2D eigenvalue weighted by atomic mass is 16.6. The molecule has 0 saturated carbocycles. The Morgan fingerprint density at radius 2 is 1.50 bits per heavy atom. The van der Waals surface area contributed by atoms with Crippen molar-refractivity contribution >= 4 is 11.9 Å². The number of carbonyl (C=O) groups is 2. The van der Waals surface area contributed by atoms with Crippen LogP contribution in [0.3, 0.4) is 0 Å². The van der Waals surface area contributed by atoms with Crippen LogP contribution in [0.4, 0.5) is 0 Å². The number of rotatable bonds is 12. The van der Waals surface area contributed by atoms with Crippen molar-refractivity contribution in [1.82, 2.24) is 0 Å². The summed E-state index contributed by atoms with van der Waals surface area (Å²) < 4.78 is 10.7. The van der Waals surface area contributed by atoms with Crippen LogP contribution in [0.15, 0.2) is 12.2 Å². The van der Waals surface area contributed by atoms with E-state index < -0.39 is 12.2 Å². The molecular weight excluding hydrogens is 280 g/mol. The van der Waals surface area contributed by atoms with E-state index in [9.17, 15) is 9.59 Å². The van der Waals surface area contributed by atoms with Crippen molar-refractivity contribution in [3.63, 3.8) is 0 Å². The second-order valence-corrected chi connectivity index (χ2v) is 5.64. The van der Waals surface area contributed by atoms with Gasteiger partial charge in [0, 0.05) is 13.8 Å². The van der Waals surface area contributed by atoms with E-state index in [-0.39, 0.29) is 11.9 Å². The maximum atomic E-state index is 11.3. The molecule has 0 N–H and O–H groups in total. The molecule has 0 aliphatic heterocycles. The Bertz CT molecular complexity index is 336. The number of hydrogen-bond acceptors (Lipinski definition) is 4. The zero-order valence-corrected chi connectivity index (χ0v) is 14.6. The van der Waals surface area contributed by atoms with E-state index in [1.165, 1.54) is 26.7 Å². The van der Waals surface area contributed by atoms with E-state index in [1.54, 1.807) is 0 Å². The molecule has 0 amide bonds. The van der Waals surface area contributed by atoms with Crippen LogP contribution in [0.25, 0.3) is 0 Å². The molecule has 0 aliphatic carbocycles. The quantitative estimate of drug-likeness (QED) is 0.301. The molecule has 0 aliphatic rings. The van der Waals surface area contributed by atoms with Gasteiger partial charge in [-0.25, -0.2) is 0 Å². The average molecular weight is 312 g/mol. The first kappa shape index (κ1) is 20.7. The summed E-state index contributed by atoms with van der Waals surface area (Å²) in [6.07, 6.45) is 11.3. The van der Waals surface area contributed by atoms with Crippen molar-refractivity contribution in [2.45, 2.75) is 91.3 Å². The van der Waals surface area contributed by atoms with Gasteiger partial charge in [-0.2, -0.15) is 0 Å². The molecule has 0 aromatic heterocycles. The molecule has 4 heteroatoms. The van der Waals surface area contributed by atoms with Gasteiger partial charge >= 0.3 is 11.9 Å². The molecule has 0 rings (SSSR count). The lowest BCUT2D eigenvalue weighted by Crippen LogP contribution is -2.33. The molecule has 0 aromatic rings. The number of carbonyl (C=O) groups excluding carboxylic acids is 2. The third-order valence-electron chi connectivity index (χ3n) is 3.38. The monoisotopic (exact) mass is 312 g/mol. The van der Waals surface area contributed by atoms with E-state index >= 15 is 0 Å². The van der Waals surface area contributed by atoms with Crippen LogP contribution >= 0.6 is 0 Å². The van der Waals surface area contributed by atoms with Gasteiger partial charge in [-0.1, -0.05) is 45.6 Å². The third kappa shape index (κ3) is 11.4. The Morgan fingerprint density at radius 1 is 0.909 bits per heavy atom. The fraction of sp³-hybridized carbons (Fsp3) is 0.778. The van der Waals surface area contributed by atoms with Gasteiger partial charge in [0.1, 0.15) is 6.10 Å². The highest BCUT2D eigenvalue weighted by Gasteiger charge is 2.24. The smallest absolute Gasteiger partial charge is 0.303 e. The van der Waals surface area contributed by atoms with Crippen molar-refractivity contribution in [3.8, 4) is 0 Å². The molecule has 0 bridgehead atoms. The molecule has 4 nitrogen and oxygen atoms in total. The Balaban J connectivity index is 4.70. The van der Waals surface area contributed by atoms with Crippen LogP contribution in [0, 0.1) is 0 Å². The van der Waals surface area contributed by atoms with Crippen LogP contribution in [0.1, 0.15) is 79.1 Å². The van der Waals surface area contributed by atoms with Crippen LogP contribution in [-0.4, -0.2) is 24.1 Å². The van der Waals surface area contributed by atoms with E-state index in [4.69, 9.17) is 9.47 Å². The lowest BCUT2D eigenvalue weighted by atomic mass is 10.0. The molecule has 128 valence electrons. The summed E-state index contributed by atoms with van der Waals surface area (Å²) in [4.78, 5) is 22.6. The lowest BCUT2D eigenvalue weighted by molar-refractivity contribution is -0.162. The van der Waals surface area contributed by atoms with Gasteiger partial charge in [-0.3, -0.25) is 9.59 Å². The van der Waals surface area contributed by atoms with Gasteiger partial charge in [-0.15, -0.1) is 0 Å². The fourth-order valence-electron chi connectivity index (χ4n) is 2.27. The molecule has 0 spiro atoms. The van der Waals surface area contributed by atoms with Crippen LogP contribution in [0.5, 0.6) is 0 Å². The molecule has 22 heavy (non-hydrogen) atoms. The number of hydrogen-bond donors (Lipinski definition) is 0. The second-order valence-electron chi connectivity index (χ2n) is 5.64. The Kier molecular flexibility index (Phi) is 12.5. The van der Waals surface area contributed by atoms with Crippen molar-refractivity contribution in [2.24, 2.45) is 0 Å². The van der Waals surface area contributed by atoms with Crippen molar-refractivity contribution in [1.29, 1.82) is 0 Å². The molecule has 2 atom stereocenters. The minimum Gasteiger partial charge on any atom is -0.458 e. The zero-order chi connectivity index (χ0) is 16.8. The average Bonchev–Trinajstić information content (AvgIpc) is 2.44. The van der Waals surface area contributed by atoms with E-state index in [1.807, 2.05) is 12.2 Å². The Morgan fingerprint density at radius 3 is 2.05 bits per heavy atom. The predicted octanol–water partition coefficient (Wildman–Crippen LogP) is 4.57. The van der Waals surface area contributed by atoms with Crippen molar-refractivity contribution in [3.05, 3.63) is 12.2 Å². The minimum atomic E-state index is -0.486. The zero-order valence-electron chi connectivity index (χ0n) is 14.6. The summed E-state index contributed by atoms with van der Waals surface area (Å²) in [7, 11) is 0. The fourth-order valence-corrected chi connectivity index (χ4v) is 2.27. The summed E-state index contributed by atoms with van der Waals surface area (Å²) in [5, 5.41) is 0. The maximum Gasteiger partial charge on any atom is 0.303 e. The minimum absolute atomic E-state index is 0.335. The largest absolute Gasteiger partial charge is 0.458 e. The van der Waals surface area contributed by atoms with Crippen molar-refractivity contribution < 1.29 is 19.1 Å². The standard InChI is InChI=1S/C18H32O4/c1-5-7-9-10-12-14-18(22-16(4)20)17(21-15(3)19)13-11-8-6-2/h12,14,17-18H,5-11,13H2,1-4H3/b14-12+/t17-,18-/m0/s1. The number of esters is 2. The van der Waals surface area contributed by atoms with Crippen LogP contribution < -0.4 is 0 Å². The molecule has 0 saturated heterocycles. The summed E-state index contributed by atoms with van der Waals surface area (Å²) >= 11 is 0. The molecule has 0 unspecified atom stereocenters.